The number of hydrogen-bond acceptors (Lipinski definition) is 6. The Morgan fingerprint density at radius 2 is 1.81 bits per heavy atom. The van der Waals surface area contributed by atoms with Crippen molar-refractivity contribution in [3.63, 3.8) is 0 Å². The quantitative estimate of drug-likeness (QED) is 0.326. The average molecular weight is 433 g/mol. The highest BCUT2D eigenvalue weighted by molar-refractivity contribution is 5.92. The molecule has 2 aromatic carbocycles. The molecule has 0 bridgehead atoms. The van der Waals surface area contributed by atoms with Crippen molar-refractivity contribution in [1.29, 1.82) is 0 Å². The van der Waals surface area contributed by atoms with Crippen molar-refractivity contribution < 1.29 is 9.50 Å². The van der Waals surface area contributed by atoms with E-state index in [1.165, 1.54) is 0 Å². The number of fused-ring (bicyclic) bond motifs is 1. The highest BCUT2D eigenvalue weighted by atomic mass is 19.1. The number of rotatable bonds is 6. The molecule has 1 aliphatic rings. The molecule has 2 aromatic heterocycles. The second-order valence-corrected chi connectivity index (χ2v) is 8.01. The van der Waals surface area contributed by atoms with Crippen LogP contribution in [0.2, 0.25) is 0 Å². The third-order valence-corrected chi connectivity index (χ3v) is 5.76. The van der Waals surface area contributed by atoms with Crippen LogP contribution in [0, 0.1) is 12.7 Å². The van der Waals surface area contributed by atoms with E-state index in [9.17, 15) is 9.50 Å². The van der Waals surface area contributed by atoms with Crippen molar-refractivity contribution in [3.8, 4) is 0 Å². The fourth-order valence-corrected chi connectivity index (χ4v) is 3.99. The number of aliphatic hydroxyl groups is 1. The van der Waals surface area contributed by atoms with Gasteiger partial charge in [-0.15, -0.1) is 0 Å². The number of aromatic amines is 1. The van der Waals surface area contributed by atoms with E-state index >= 15 is 0 Å². The average Bonchev–Trinajstić information content (AvgIpc) is 3.48. The molecule has 4 N–H and O–H groups in total. The van der Waals surface area contributed by atoms with E-state index in [0.717, 1.165) is 42.5 Å². The molecule has 1 unspecified atom stereocenters. The van der Waals surface area contributed by atoms with Crippen molar-refractivity contribution in [1.82, 2.24) is 15.0 Å². The lowest BCUT2D eigenvalue weighted by atomic mass is 10.1. The van der Waals surface area contributed by atoms with Gasteiger partial charge in [0.05, 0.1) is 11.4 Å². The molecule has 164 valence electrons. The number of aryl methyl sites for hydroxylation is 1. The van der Waals surface area contributed by atoms with Crippen LogP contribution in [0.4, 0.5) is 27.5 Å². The Kier molecular flexibility index (Phi) is 5.36. The van der Waals surface area contributed by atoms with E-state index in [1.54, 1.807) is 31.2 Å². The summed E-state index contributed by atoms with van der Waals surface area (Å²) in [5.41, 5.74) is 3.51. The molecule has 1 saturated heterocycles. The van der Waals surface area contributed by atoms with Gasteiger partial charge in [-0.3, -0.25) is 0 Å². The predicted octanol–water partition coefficient (Wildman–Crippen LogP) is 4.85. The van der Waals surface area contributed by atoms with Crippen LogP contribution in [0.15, 0.2) is 54.7 Å². The number of nitrogens with zero attached hydrogens (tertiary/aromatic N) is 3. The molecule has 0 saturated carbocycles. The Morgan fingerprint density at radius 1 is 1.06 bits per heavy atom. The molecule has 0 radical (unpaired) electrons. The Labute approximate surface area is 185 Å². The molecule has 5 rings (SSSR count). The number of halogens is 1. The second-order valence-electron chi connectivity index (χ2n) is 8.01. The first kappa shape index (κ1) is 20.3. The molecule has 4 aromatic rings. The van der Waals surface area contributed by atoms with Gasteiger partial charge in [-0.25, -0.2) is 9.37 Å². The van der Waals surface area contributed by atoms with Crippen molar-refractivity contribution in [2.24, 2.45) is 0 Å². The van der Waals surface area contributed by atoms with E-state index in [0.29, 0.717) is 22.9 Å². The van der Waals surface area contributed by atoms with Crippen molar-refractivity contribution in [2.45, 2.75) is 26.0 Å². The zero-order valence-corrected chi connectivity index (χ0v) is 17.8. The number of H-pyrrole nitrogens is 1. The maximum absolute atomic E-state index is 14.6. The molecule has 32 heavy (non-hydrogen) atoms. The van der Waals surface area contributed by atoms with Gasteiger partial charge in [0.25, 0.3) is 0 Å². The van der Waals surface area contributed by atoms with Crippen LogP contribution < -0.4 is 15.5 Å². The molecule has 7 nitrogen and oxygen atoms in total. The molecule has 0 spiro atoms. The number of aliphatic hydroxyl groups excluding tert-OH is 1. The lowest BCUT2D eigenvalue weighted by Gasteiger charge is -2.18. The van der Waals surface area contributed by atoms with Crippen LogP contribution in [0.1, 0.15) is 30.3 Å². The lowest BCUT2D eigenvalue weighted by Crippen LogP contribution is -2.21. The number of para-hydroxylation sites is 1. The van der Waals surface area contributed by atoms with Crippen molar-refractivity contribution in [3.05, 3.63) is 71.8 Å². The van der Waals surface area contributed by atoms with Crippen molar-refractivity contribution in [2.75, 3.05) is 28.6 Å². The zero-order valence-electron chi connectivity index (χ0n) is 17.8. The van der Waals surface area contributed by atoms with Crippen LogP contribution in [0.5, 0.6) is 0 Å². The molecular formula is C24H25FN6O. The summed E-state index contributed by atoms with van der Waals surface area (Å²) in [4.78, 5) is 14.0. The molecule has 8 heteroatoms. The van der Waals surface area contributed by atoms with E-state index in [4.69, 9.17) is 0 Å². The fourth-order valence-electron chi connectivity index (χ4n) is 3.99. The van der Waals surface area contributed by atoms with Crippen LogP contribution in [-0.4, -0.2) is 33.1 Å². The highest BCUT2D eigenvalue weighted by Crippen LogP contribution is 2.28. The number of nitrogens with one attached hydrogen (secondary N) is 3. The Bertz CT molecular complexity index is 1230. The summed E-state index contributed by atoms with van der Waals surface area (Å²) in [7, 11) is 0. The van der Waals surface area contributed by atoms with Crippen LogP contribution in [0.25, 0.3) is 10.9 Å². The van der Waals surface area contributed by atoms with Gasteiger partial charge in [0.1, 0.15) is 0 Å². The van der Waals surface area contributed by atoms with Gasteiger partial charge < -0.3 is 25.6 Å². The van der Waals surface area contributed by atoms with Crippen molar-refractivity contribution >= 4 is 34.0 Å². The molecular weight excluding hydrogens is 407 g/mol. The standard InChI is InChI=1S/C24H25FN6O/c1-15-21(25)22(30-24(27-15)31-12-4-5-13-31)28-17-10-8-16(9-11-17)23(32)29-20-14-26-19-7-3-2-6-18(19)20/h2-3,6-11,14,23,26,29,32H,4-5,12-13H2,1H3,(H,27,28,30). The summed E-state index contributed by atoms with van der Waals surface area (Å²) < 4.78 is 14.6. The third kappa shape index (κ3) is 3.97. The largest absolute Gasteiger partial charge is 0.369 e. The Hall–Kier alpha value is -3.65. The highest BCUT2D eigenvalue weighted by Gasteiger charge is 2.19. The maximum atomic E-state index is 14.6. The minimum Gasteiger partial charge on any atom is -0.369 e. The summed E-state index contributed by atoms with van der Waals surface area (Å²) in [5, 5.41) is 17.8. The number of hydrogen-bond donors (Lipinski definition) is 4. The monoisotopic (exact) mass is 432 g/mol. The summed E-state index contributed by atoms with van der Waals surface area (Å²) >= 11 is 0. The lowest BCUT2D eigenvalue weighted by molar-refractivity contribution is 0.208. The molecule has 3 heterocycles. The summed E-state index contributed by atoms with van der Waals surface area (Å²) in [6.45, 7) is 3.43. The van der Waals surface area contributed by atoms with Gasteiger partial charge >= 0.3 is 0 Å². The molecule has 0 amide bonds. The first-order valence-corrected chi connectivity index (χ1v) is 10.8. The van der Waals surface area contributed by atoms with Gasteiger partial charge in [-0.1, -0.05) is 30.3 Å². The van der Waals surface area contributed by atoms with E-state index in [2.05, 4.69) is 30.5 Å². The van der Waals surface area contributed by atoms with Crippen LogP contribution in [-0.2, 0) is 0 Å². The van der Waals surface area contributed by atoms with E-state index in [1.807, 2.05) is 30.5 Å². The number of aromatic nitrogens is 3. The zero-order chi connectivity index (χ0) is 22.1. The van der Waals surface area contributed by atoms with Gasteiger partial charge in [0, 0.05) is 41.4 Å². The minimum absolute atomic E-state index is 0.157. The second kappa shape index (κ2) is 8.47. The van der Waals surface area contributed by atoms with Gasteiger partial charge in [-0.05, 0) is 38.0 Å². The van der Waals surface area contributed by atoms with Gasteiger partial charge in [0.15, 0.2) is 17.9 Å². The van der Waals surface area contributed by atoms with Crippen LogP contribution in [0.3, 0.4) is 0 Å². The molecule has 0 aliphatic carbocycles. The van der Waals surface area contributed by atoms with E-state index < -0.39 is 12.0 Å². The molecule has 1 aliphatic heterocycles. The van der Waals surface area contributed by atoms with Gasteiger partial charge in [0.2, 0.25) is 5.95 Å². The van der Waals surface area contributed by atoms with E-state index in [-0.39, 0.29) is 5.82 Å². The summed E-state index contributed by atoms with van der Waals surface area (Å²) in [6, 6.07) is 15.1. The SMILES string of the molecule is Cc1nc(N2CCCC2)nc(Nc2ccc(C(O)Nc3c[nH]c4ccccc34)cc2)c1F. The molecule has 1 atom stereocenters. The number of benzene rings is 2. The number of anilines is 4. The minimum atomic E-state index is -0.886. The van der Waals surface area contributed by atoms with Crippen LogP contribution >= 0.6 is 0 Å². The third-order valence-electron chi connectivity index (χ3n) is 5.76. The Morgan fingerprint density at radius 3 is 2.59 bits per heavy atom. The summed E-state index contributed by atoms with van der Waals surface area (Å²) in [5.74, 6) is 0.251. The predicted molar refractivity (Wildman–Crippen MR) is 125 cm³/mol. The Balaban J connectivity index is 1.31. The maximum Gasteiger partial charge on any atom is 0.227 e. The normalized spacial score (nSPS) is 14.7. The first-order valence-electron chi connectivity index (χ1n) is 10.8. The summed E-state index contributed by atoms with van der Waals surface area (Å²) in [6.07, 6.45) is 3.14. The fraction of sp³-hybridized carbons (Fsp3) is 0.250. The topological polar surface area (TPSA) is 89.1 Å². The molecule has 1 fully saturated rings. The van der Waals surface area contributed by atoms with Gasteiger partial charge in [-0.2, -0.15) is 4.98 Å². The first-order chi connectivity index (χ1) is 15.6. The smallest absolute Gasteiger partial charge is 0.227 e.